The van der Waals surface area contributed by atoms with Gasteiger partial charge < -0.3 is 9.30 Å². The predicted octanol–water partition coefficient (Wildman–Crippen LogP) is 2.98. The summed E-state index contributed by atoms with van der Waals surface area (Å²) in [5, 5.41) is 11.6. The summed E-state index contributed by atoms with van der Waals surface area (Å²) in [4.78, 5) is 10.6. The summed E-state index contributed by atoms with van der Waals surface area (Å²) in [6.07, 6.45) is 2.80. The van der Waals surface area contributed by atoms with Crippen molar-refractivity contribution in [3.05, 3.63) is 40.6 Å². The quantitative estimate of drug-likeness (QED) is 0.448. The maximum atomic E-state index is 10.9. The maximum absolute atomic E-state index is 10.9. The van der Waals surface area contributed by atoms with Crippen LogP contribution in [0.4, 0.5) is 5.69 Å². The minimum atomic E-state index is -0.340. The molecule has 18 heavy (non-hydrogen) atoms. The Labute approximate surface area is 105 Å². The van der Waals surface area contributed by atoms with Crippen LogP contribution in [0.15, 0.2) is 30.5 Å². The lowest BCUT2D eigenvalue weighted by Crippen LogP contribution is -2.01. The molecule has 1 aromatic carbocycles. The van der Waals surface area contributed by atoms with Crippen LogP contribution in [0.2, 0.25) is 0 Å². The molecule has 0 N–H and O–H groups in total. The van der Waals surface area contributed by atoms with Gasteiger partial charge in [-0.2, -0.15) is 0 Å². The Morgan fingerprint density at radius 1 is 1.39 bits per heavy atom. The number of fused-ring (bicyclic) bond motifs is 1. The lowest BCUT2D eigenvalue weighted by Gasteiger charge is -2.05. The molecule has 2 aromatic rings. The second-order valence-corrected chi connectivity index (χ2v) is 4.03. The number of ether oxygens (including phenoxy) is 1. The average molecular weight is 248 g/mol. The Kier molecular flexibility index (Phi) is 3.94. The molecule has 5 heteroatoms. The highest BCUT2D eigenvalue weighted by molar-refractivity contribution is 5.89. The number of benzene rings is 1. The van der Waals surface area contributed by atoms with Crippen LogP contribution in [0, 0.1) is 10.1 Å². The van der Waals surface area contributed by atoms with E-state index in [0.29, 0.717) is 12.0 Å². The summed E-state index contributed by atoms with van der Waals surface area (Å²) in [6.45, 7) is 4.21. The Balaban J connectivity index is 2.20. The molecule has 0 amide bonds. The van der Waals surface area contributed by atoms with Crippen molar-refractivity contribution in [1.82, 2.24) is 4.57 Å². The van der Waals surface area contributed by atoms with E-state index in [1.54, 1.807) is 12.1 Å². The van der Waals surface area contributed by atoms with E-state index in [2.05, 4.69) is 0 Å². The first-order chi connectivity index (χ1) is 8.74. The van der Waals surface area contributed by atoms with Crippen LogP contribution in [-0.2, 0) is 11.3 Å². The molecule has 1 aromatic heterocycles. The number of nitro benzene ring substituents is 1. The second-order valence-electron chi connectivity index (χ2n) is 4.03. The number of nitro groups is 1. The first-order valence-corrected chi connectivity index (χ1v) is 6.04. The zero-order chi connectivity index (χ0) is 13.0. The molecule has 0 aliphatic carbocycles. The van der Waals surface area contributed by atoms with Gasteiger partial charge in [0.05, 0.1) is 15.8 Å². The van der Waals surface area contributed by atoms with Crippen molar-refractivity contribution in [2.24, 2.45) is 0 Å². The van der Waals surface area contributed by atoms with Crippen LogP contribution in [0.3, 0.4) is 0 Å². The lowest BCUT2D eigenvalue weighted by molar-refractivity contribution is -0.383. The zero-order valence-corrected chi connectivity index (χ0v) is 10.3. The van der Waals surface area contributed by atoms with Gasteiger partial charge >= 0.3 is 0 Å². The number of non-ortho nitro benzene ring substituents is 1. The molecular formula is C13H16N2O3. The molecule has 96 valence electrons. The van der Waals surface area contributed by atoms with Crippen molar-refractivity contribution in [2.45, 2.75) is 19.9 Å². The first-order valence-electron chi connectivity index (χ1n) is 6.04. The molecule has 0 bridgehead atoms. The first kappa shape index (κ1) is 12.6. The fourth-order valence-corrected chi connectivity index (χ4v) is 2.04. The van der Waals surface area contributed by atoms with Gasteiger partial charge in [-0.05, 0) is 25.5 Å². The van der Waals surface area contributed by atoms with Crippen LogP contribution >= 0.6 is 0 Å². The van der Waals surface area contributed by atoms with Crippen LogP contribution in [0.1, 0.15) is 13.3 Å². The minimum absolute atomic E-state index is 0.163. The van der Waals surface area contributed by atoms with Gasteiger partial charge in [-0.1, -0.05) is 6.07 Å². The smallest absolute Gasteiger partial charge is 0.278 e. The zero-order valence-electron chi connectivity index (χ0n) is 10.3. The van der Waals surface area contributed by atoms with Crippen molar-refractivity contribution >= 4 is 16.6 Å². The molecule has 2 rings (SSSR count). The number of hydrogen-bond donors (Lipinski definition) is 0. The maximum Gasteiger partial charge on any atom is 0.278 e. The van der Waals surface area contributed by atoms with Crippen molar-refractivity contribution in [1.29, 1.82) is 0 Å². The standard InChI is InChI=1S/C13H16N2O3/c1-2-18-10-4-8-14-9-7-11-12(14)5-3-6-13(11)15(16)17/h3,5-7,9H,2,4,8,10H2,1H3. The van der Waals surface area contributed by atoms with Gasteiger partial charge in [0.25, 0.3) is 5.69 Å². The average Bonchev–Trinajstić information content (AvgIpc) is 2.77. The normalized spacial score (nSPS) is 10.9. The molecule has 0 saturated heterocycles. The van der Waals surface area contributed by atoms with E-state index in [4.69, 9.17) is 4.74 Å². The van der Waals surface area contributed by atoms with Crippen molar-refractivity contribution in [3.8, 4) is 0 Å². The summed E-state index contributed by atoms with van der Waals surface area (Å²) in [5.41, 5.74) is 1.07. The summed E-state index contributed by atoms with van der Waals surface area (Å²) in [7, 11) is 0. The number of rotatable bonds is 6. The molecule has 0 aliphatic heterocycles. The third kappa shape index (κ3) is 2.51. The fourth-order valence-electron chi connectivity index (χ4n) is 2.04. The molecule has 0 aliphatic rings. The molecule has 5 nitrogen and oxygen atoms in total. The monoisotopic (exact) mass is 248 g/mol. The number of hydrogen-bond acceptors (Lipinski definition) is 3. The number of nitrogens with zero attached hydrogens (tertiary/aromatic N) is 2. The summed E-state index contributed by atoms with van der Waals surface area (Å²) in [5.74, 6) is 0. The van der Waals surface area contributed by atoms with Crippen LogP contribution in [0.25, 0.3) is 10.9 Å². The summed E-state index contributed by atoms with van der Waals surface area (Å²) < 4.78 is 7.31. The molecule has 0 spiro atoms. The second kappa shape index (κ2) is 5.64. The van der Waals surface area contributed by atoms with Gasteiger partial charge in [0.2, 0.25) is 0 Å². The molecule has 0 atom stereocenters. The molecule has 1 heterocycles. The SMILES string of the molecule is CCOCCCn1ccc2c([N+](=O)[O-])cccc21. The van der Waals surface area contributed by atoms with E-state index in [1.807, 2.05) is 23.8 Å². The van der Waals surface area contributed by atoms with E-state index in [9.17, 15) is 10.1 Å². The lowest BCUT2D eigenvalue weighted by atomic mass is 10.2. The van der Waals surface area contributed by atoms with Crippen LogP contribution < -0.4 is 0 Å². The van der Waals surface area contributed by atoms with Crippen LogP contribution in [-0.4, -0.2) is 22.7 Å². The molecule has 0 radical (unpaired) electrons. The Bertz CT molecular complexity index is 548. The van der Waals surface area contributed by atoms with Gasteiger partial charge in [0.15, 0.2) is 0 Å². The molecule has 0 saturated carbocycles. The van der Waals surface area contributed by atoms with E-state index in [0.717, 1.165) is 25.1 Å². The van der Waals surface area contributed by atoms with E-state index < -0.39 is 0 Å². The highest BCUT2D eigenvalue weighted by Gasteiger charge is 2.13. The minimum Gasteiger partial charge on any atom is -0.382 e. The van der Waals surface area contributed by atoms with E-state index in [1.165, 1.54) is 6.07 Å². The Hall–Kier alpha value is -1.88. The molecule has 0 unspecified atom stereocenters. The largest absolute Gasteiger partial charge is 0.382 e. The summed E-state index contributed by atoms with van der Waals surface area (Å²) >= 11 is 0. The fraction of sp³-hybridized carbons (Fsp3) is 0.385. The number of aryl methyl sites for hydroxylation is 1. The number of aromatic nitrogens is 1. The highest BCUT2D eigenvalue weighted by Crippen LogP contribution is 2.26. The van der Waals surface area contributed by atoms with E-state index in [-0.39, 0.29) is 10.6 Å². The molecule has 0 fully saturated rings. The third-order valence-corrected chi connectivity index (χ3v) is 2.88. The van der Waals surface area contributed by atoms with Crippen LogP contribution in [0.5, 0.6) is 0 Å². The van der Waals surface area contributed by atoms with Crippen molar-refractivity contribution in [3.63, 3.8) is 0 Å². The van der Waals surface area contributed by atoms with Gasteiger partial charge in [0, 0.05) is 32.0 Å². The topological polar surface area (TPSA) is 57.3 Å². The molecular weight excluding hydrogens is 232 g/mol. The van der Waals surface area contributed by atoms with Gasteiger partial charge in [0.1, 0.15) is 0 Å². The van der Waals surface area contributed by atoms with Gasteiger partial charge in [-0.25, -0.2) is 0 Å². The van der Waals surface area contributed by atoms with Gasteiger partial charge in [-0.3, -0.25) is 10.1 Å². The van der Waals surface area contributed by atoms with E-state index >= 15 is 0 Å². The third-order valence-electron chi connectivity index (χ3n) is 2.88. The van der Waals surface area contributed by atoms with Gasteiger partial charge in [-0.15, -0.1) is 0 Å². The predicted molar refractivity (Wildman–Crippen MR) is 69.7 cm³/mol. The van der Waals surface area contributed by atoms with Crippen molar-refractivity contribution < 1.29 is 9.66 Å². The Morgan fingerprint density at radius 3 is 2.94 bits per heavy atom. The Morgan fingerprint density at radius 2 is 2.22 bits per heavy atom. The van der Waals surface area contributed by atoms with Crippen molar-refractivity contribution in [2.75, 3.05) is 13.2 Å². The highest BCUT2D eigenvalue weighted by atomic mass is 16.6. The summed E-state index contributed by atoms with van der Waals surface area (Å²) in [6, 6.07) is 6.96.